The Balaban J connectivity index is 3.60. The lowest BCUT2D eigenvalue weighted by Gasteiger charge is -2.17. The molecule has 5 N–H and O–H groups in total. The quantitative estimate of drug-likeness (QED) is 0.189. The van der Waals surface area contributed by atoms with Crippen LogP contribution in [0.2, 0.25) is 0 Å². The summed E-state index contributed by atoms with van der Waals surface area (Å²) in [7, 11) is 0. The molecule has 0 unspecified atom stereocenters. The summed E-state index contributed by atoms with van der Waals surface area (Å²) >= 11 is 0. The first-order valence-corrected chi connectivity index (χ1v) is 9.48. The molecular formula is C18H36N2O5. The first-order valence-electron chi connectivity index (χ1n) is 9.48. The molecule has 0 rings (SSSR count). The molecule has 0 aliphatic heterocycles. The maximum atomic E-state index is 11.7. The zero-order valence-corrected chi connectivity index (χ0v) is 15.5. The molecule has 0 bridgehead atoms. The van der Waals surface area contributed by atoms with Crippen molar-refractivity contribution in [3.8, 4) is 0 Å². The summed E-state index contributed by atoms with van der Waals surface area (Å²) in [6.07, 6.45) is 9.10. The van der Waals surface area contributed by atoms with E-state index in [1.807, 2.05) is 0 Å². The largest absolute Gasteiger partial charge is 0.394 e. The Hall–Kier alpha value is -1.02. The predicted octanol–water partition coefficient (Wildman–Crippen LogP) is 1.76. The van der Waals surface area contributed by atoms with Gasteiger partial charge < -0.3 is 15.9 Å². The topological polar surface area (TPSA) is 124 Å². The Labute approximate surface area is 151 Å². The Morgan fingerprint density at radius 2 is 1.60 bits per heavy atom. The van der Waals surface area contributed by atoms with Gasteiger partial charge in [0.2, 0.25) is 0 Å². The van der Waals surface area contributed by atoms with Crippen LogP contribution >= 0.6 is 0 Å². The van der Waals surface area contributed by atoms with E-state index in [2.05, 4.69) is 6.92 Å². The molecule has 0 aromatic heterocycles. The summed E-state index contributed by atoms with van der Waals surface area (Å²) in [4.78, 5) is 23.1. The van der Waals surface area contributed by atoms with Gasteiger partial charge in [-0.2, -0.15) is 0 Å². The Morgan fingerprint density at radius 1 is 1.00 bits per heavy atom. The fraction of sp³-hybridized carbons (Fsp3) is 0.889. The van der Waals surface area contributed by atoms with Gasteiger partial charge in [-0.25, -0.2) is 5.06 Å². The van der Waals surface area contributed by atoms with Crippen LogP contribution in [0.25, 0.3) is 0 Å². The third kappa shape index (κ3) is 12.9. The number of rotatable bonds is 16. The van der Waals surface area contributed by atoms with Crippen LogP contribution in [-0.4, -0.2) is 57.5 Å². The van der Waals surface area contributed by atoms with Crippen molar-refractivity contribution in [2.45, 2.75) is 89.7 Å². The number of unbranched alkanes of at least 4 members (excludes halogenated alkanes) is 5. The van der Waals surface area contributed by atoms with E-state index in [0.717, 1.165) is 51.4 Å². The van der Waals surface area contributed by atoms with Crippen molar-refractivity contribution < 1.29 is 25.0 Å². The van der Waals surface area contributed by atoms with E-state index < -0.39 is 18.6 Å². The standard InChI is InChI=1S/C18H36N2O5/c1-2-3-6-9-15(22)10-7-4-5-8-11-16(23)12-13-20(25)18(24)17(19)14-21/h15,17,21-22,25H,2-14,19H2,1H3/t15-,17-/m0/s1. The van der Waals surface area contributed by atoms with Crippen LogP contribution in [0.15, 0.2) is 0 Å². The summed E-state index contributed by atoms with van der Waals surface area (Å²) in [5, 5.41) is 28.4. The molecule has 7 heteroatoms. The zero-order chi connectivity index (χ0) is 19.1. The monoisotopic (exact) mass is 360 g/mol. The molecule has 25 heavy (non-hydrogen) atoms. The molecule has 7 nitrogen and oxygen atoms in total. The SMILES string of the molecule is CCCCC[C@H](O)CCCCCCC(=O)CCN(O)C(=O)[C@@H](N)CO. The second-order valence-electron chi connectivity index (χ2n) is 6.64. The van der Waals surface area contributed by atoms with E-state index in [1.54, 1.807) is 0 Å². The van der Waals surface area contributed by atoms with Crippen LogP contribution in [0, 0.1) is 0 Å². The average molecular weight is 360 g/mol. The molecule has 1 amide bonds. The molecule has 0 saturated carbocycles. The van der Waals surface area contributed by atoms with Crippen LogP contribution in [0.5, 0.6) is 0 Å². The lowest BCUT2D eigenvalue weighted by atomic mass is 10.0. The summed E-state index contributed by atoms with van der Waals surface area (Å²) in [6.45, 7) is 1.50. The minimum atomic E-state index is -1.16. The van der Waals surface area contributed by atoms with Crippen molar-refractivity contribution >= 4 is 11.7 Å². The van der Waals surface area contributed by atoms with Gasteiger partial charge in [-0.05, 0) is 19.3 Å². The molecule has 0 fully saturated rings. The Morgan fingerprint density at radius 3 is 2.20 bits per heavy atom. The second kappa shape index (κ2) is 15.3. The molecule has 2 atom stereocenters. The molecule has 0 aliphatic carbocycles. The van der Waals surface area contributed by atoms with Crippen molar-refractivity contribution in [1.29, 1.82) is 0 Å². The van der Waals surface area contributed by atoms with Crippen molar-refractivity contribution in [2.24, 2.45) is 5.73 Å². The Bertz CT molecular complexity index is 365. The zero-order valence-electron chi connectivity index (χ0n) is 15.5. The number of carbonyl (C=O) groups is 2. The number of nitrogens with two attached hydrogens (primary N) is 1. The molecule has 0 aromatic rings. The highest BCUT2D eigenvalue weighted by Crippen LogP contribution is 2.12. The minimum absolute atomic E-state index is 0.0102. The van der Waals surface area contributed by atoms with E-state index in [1.165, 1.54) is 6.42 Å². The van der Waals surface area contributed by atoms with Gasteiger partial charge in [0.05, 0.1) is 19.3 Å². The third-order valence-electron chi connectivity index (χ3n) is 4.25. The lowest BCUT2D eigenvalue weighted by molar-refractivity contribution is -0.168. The second-order valence-corrected chi connectivity index (χ2v) is 6.64. The molecule has 148 valence electrons. The van der Waals surface area contributed by atoms with Crippen molar-refractivity contribution in [3.05, 3.63) is 0 Å². The van der Waals surface area contributed by atoms with E-state index in [-0.39, 0.29) is 24.9 Å². The summed E-state index contributed by atoms with van der Waals surface area (Å²) in [5.41, 5.74) is 5.30. The van der Waals surface area contributed by atoms with Gasteiger partial charge >= 0.3 is 0 Å². The van der Waals surface area contributed by atoms with Crippen LogP contribution in [0.4, 0.5) is 0 Å². The summed E-state index contributed by atoms with van der Waals surface area (Å²) in [5.74, 6) is -0.795. The van der Waals surface area contributed by atoms with Crippen LogP contribution < -0.4 is 5.73 Å². The van der Waals surface area contributed by atoms with Crippen LogP contribution in [0.3, 0.4) is 0 Å². The van der Waals surface area contributed by atoms with Gasteiger partial charge in [-0.1, -0.05) is 45.4 Å². The van der Waals surface area contributed by atoms with Gasteiger partial charge in [0.15, 0.2) is 0 Å². The third-order valence-corrected chi connectivity index (χ3v) is 4.25. The maximum Gasteiger partial charge on any atom is 0.265 e. The summed E-state index contributed by atoms with van der Waals surface area (Å²) in [6, 6.07) is -1.16. The van der Waals surface area contributed by atoms with Gasteiger partial charge in [-0.15, -0.1) is 0 Å². The lowest BCUT2D eigenvalue weighted by Crippen LogP contribution is -2.44. The molecule has 0 aromatic carbocycles. The fourth-order valence-corrected chi connectivity index (χ4v) is 2.57. The normalized spacial score (nSPS) is 13.5. The number of amides is 1. The first-order chi connectivity index (χ1) is 11.9. The molecule has 0 aliphatic rings. The molecule has 0 heterocycles. The van der Waals surface area contributed by atoms with E-state index >= 15 is 0 Å². The minimum Gasteiger partial charge on any atom is -0.394 e. The first kappa shape index (κ1) is 24.0. The fourth-order valence-electron chi connectivity index (χ4n) is 2.57. The van der Waals surface area contributed by atoms with E-state index in [9.17, 15) is 19.9 Å². The van der Waals surface area contributed by atoms with Crippen LogP contribution in [0.1, 0.15) is 77.6 Å². The number of hydroxylamine groups is 2. The number of carbonyl (C=O) groups excluding carboxylic acids is 2. The number of ketones is 1. The number of nitrogens with zero attached hydrogens (tertiary/aromatic N) is 1. The van der Waals surface area contributed by atoms with Gasteiger partial charge in [0.1, 0.15) is 11.8 Å². The van der Waals surface area contributed by atoms with Crippen molar-refractivity contribution in [1.82, 2.24) is 5.06 Å². The highest BCUT2D eigenvalue weighted by Gasteiger charge is 2.19. The highest BCUT2D eigenvalue weighted by atomic mass is 16.5. The number of aliphatic hydroxyl groups is 2. The van der Waals surface area contributed by atoms with Gasteiger partial charge in [-0.3, -0.25) is 14.8 Å². The average Bonchev–Trinajstić information content (AvgIpc) is 2.61. The highest BCUT2D eigenvalue weighted by molar-refractivity contribution is 5.82. The van der Waals surface area contributed by atoms with Crippen LogP contribution in [-0.2, 0) is 9.59 Å². The maximum absolute atomic E-state index is 11.7. The molecule has 0 radical (unpaired) electrons. The number of aliphatic hydroxyl groups excluding tert-OH is 2. The number of hydrogen-bond acceptors (Lipinski definition) is 6. The summed E-state index contributed by atoms with van der Waals surface area (Å²) < 4.78 is 0. The smallest absolute Gasteiger partial charge is 0.265 e. The van der Waals surface area contributed by atoms with Gasteiger partial charge in [0.25, 0.3) is 5.91 Å². The molecular weight excluding hydrogens is 324 g/mol. The Kier molecular flexibility index (Phi) is 14.6. The number of hydrogen-bond donors (Lipinski definition) is 4. The predicted molar refractivity (Wildman–Crippen MR) is 96.0 cm³/mol. The molecule has 0 saturated heterocycles. The molecule has 0 spiro atoms. The van der Waals surface area contributed by atoms with E-state index in [4.69, 9.17) is 10.8 Å². The van der Waals surface area contributed by atoms with Crippen molar-refractivity contribution in [2.75, 3.05) is 13.2 Å². The van der Waals surface area contributed by atoms with E-state index in [0.29, 0.717) is 11.5 Å². The number of Topliss-reactive ketones (excluding diaryl/α,β-unsaturated/α-hetero) is 1. The van der Waals surface area contributed by atoms with Crippen molar-refractivity contribution in [3.63, 3.8) is 0 Å². The van der Waals surface area contributed by atoms with Gasteiger partial charge in [0, 0.05) is 12.8 Å².